The van der Waals surface area contributed by atoms with E-state index in [0.717, 1.165) is 31.2 Å². The van der Waals surface area contributed by atoms with E-state index < -0.39 is 0 Å². The second kappa shape index (κ2) is 6.51. The van der Waals surface area contributed by atoms with Crippen molar-refractivity contribution in [3.05, 3.63) is 31.9 Å². The van der Waals surface area contributed by atoms with Gasteiger partial charge < -0.3 is 10.2 Å². The summed E-state index contributed by atoms with van der Waals surface area (Å²) in [4.78, 5) is 12.8. The first-order valence-electron chi connectivity index (χ1n) is 6.45. The van der Waals surface area contributed by atoms with E-state index in [4.69, 9.17) is 0 Å². The Labute approximate surface area is 126 Å². The average molecular weight is 375 g/mol. The number of nitro benzene ring substituents is 1. The third-order valence-corrected chi connectivity index (χ3v) is 4.46. The van der Waals surface area contributed by atoms with Gasteiger partial charge in [0.25, 0.3) is 5.69 Å². The van der Waals surface area contributed by atoms with Gasteiger partial charge in [-0.3, -0.25) is 10.1 Å². The lowest BCUT2D eigenvalue weighted by Gasteiger charge is -2.33. The summed E-state index contributed by atoms with van der Waals surface area (Å²) in [7, 11) is 1.99. The Balaban J connectivity index is 2.04. The van der Waals surface area contributed by atoms with Crippen LogP contribution in [0.2, 0.25) is 0 Å². The summed E-state index contributed by atoms with van der Waals surface area (Å²) < 4.78 is 0.706. The molecule has 0 amide bonds. The van der Waals surface area contributed by atoms with Gasteiger partial charge in [-0.1, -0.05) is 0 Å². The van der Waals surface area contributed by atoms with E-state index in [1.54, 1.807) is 6.07 Å². The SMILES string of the molecule is CNCC1CCN(c2ccc([N+](=O)[O-])c(I)c2)CC1. The van der Waals surface area contributed by atoms with E-state index >= 15 is 0 Å². The molecule has 19 heavy (non-hydrogen) atoms. The minimum atomic E-state index is -0.329. The first-order valence-corrected chi connectivity index (χ1v) is 7.53. The second-order valence-electron chi connectivity index (χ2n) is 4.88. The quantitative estimate of drug-likeness (QED) is 0.500. The van der Waals surface area contributed by atoms with Crippen molar-refractivity contribution in [3.63, 3.8) is 0 Å². The van der Waals surface area contributed by atoms with Crippen molar-refractivity contribution in [1.82, 2.24) is 5.32 Å². The number of piperidine rings is 1. The van der Waals surface area contributed by atoms with Crippen LogP contribution in [-0.4, -0.2) is 31.6 Å². The molecule has 0 aromatic heterocycles. The molecular weight excluding hydrogens is 357 g/mol. The predicted molar refractivity (Wildman–Crippen MR) is 84.7 cm³/mol. The number of nitrogens with one attached hydrogen (secondary N) is 1. The molecule has 0 spiro atoms. The lowest BCUT2D eigenvalue weighted by molar-refractivity contribution is -0.385. The van der Waals surface area contributed by atoms with Gasteiger partial charge in [-0.05, 0) is 67.1 Å². The number of anilines is 1. The first-order chi connectivity index (χ1) is 9.11. The van der Waals surface area contributed by atoms with Gasteiger partial charge in [-0.2, -0.15) is 0 Å². The molecule has 0 unspecified atom stereocenters. The number of nitro groups is 1. The maximum Gasteiger partial charge on any atom is 0.282 e. The van der Waals surface area contributed by atoms with Gasteiger partial charge in [-0.25, -0.2) is 0 Å². The molecule has 1 heterocycles. The molecule has 0 aliphatic carbocycles. The zero-order chi connectivity index (χ0) is 13.8. The van der Waals surface area contributed by atoms with Crippen LogP contribution < -0.4 is 10.2 Å². The van der Waals surface area contributed by atoms with Crippen LogP contribution in [0.1, 0.15) is 12.8 Å². The van der Waals surface area contributed by atoms with E-state index in [2.05, 4.69) is 10.2 Å². The van der Waals surface area contributed by atoms with Crippen molar-refractivity contribution in [2.45, 2.75) is 12.8 Å². The number of nitrogens with zero attached hydrogens (tertiary/aromatic N) is 2. The van der Waals surface area contributed by atoms with Crippen LogP contribution in [0, 0.1) is 19.6 Å². The van der Waals surface area contributed by atoms with Gasteiger partial charge >= 0.3 is 0 Å². The molecular formula is C13H18IN3O2. The zero-order valence-corrected chi connectivity index (χ0v) is 13.1. The Hall–Kier alpha value is -0.890. The maximum absolute atomic E-state index is 10.8. The number of halogens is 1. The summed E-state index contributed by atoms with van der Waals surface area (Å²) in [6, 6.07) is 5.38. The summed E-state index contributed by atoms with van der Waals surface area (Å²) >= 11 is 2.04. The third-order valence-electron chi connectivity index (χ3n) is 3.60. The lowest BCUT2D eigenvalue weighted by atomic mass is 9.96. The van der Waals surface area contributed by atoms with Gasteiger partial charge in [-0.15, -0.1) is 0 Å². The highest BCUT2D eigenvalue weighted by Gasteiger charge is 2.20. The summed E-state index contributed by atoms with van der Waals surface area (Å²) in [6.45, 7) is 3.13. The number of rotatable bonds is 4. The summed E-state index contributed by atoms with van der Waals surface area (Å²) in [5.41, 5.74) is 1.28. The molecule has 0 radical (unpaired) electrons. The van der Waals surface area contributed by atoms with Crippen molar-refractivity contribution >= 4 is 34.0 Å². The smallest absolute Gasteiger partial charge is 0.282 e. The van der Waals surface area contributed by atoms with Crippen molar-refractivity contribution in [2.24, 2.45) is 5.92 Å². The van der Waals surface area contributed by atoms with Crippen LogP contribution in [-0.2, 0) is 0 Å². The van der Waals surface area contributed by atoms with E-state index in [-0.39, 0.29) is 10.6 Å². The second-order valence-corrected chi connectivity index (χ2v) is 6.04. The Morgan fingerprint density at radius 1 is 1.47 bits per heavy atom. The normalized spacial score (nSPS) is 16.6. The molecule has 0 bridgehead atoms. The molecule has 1 aromatic rings. The van der Waals surface area contributed by atoms with Crippen molar-refractivity contribution in [2.75, 3.05) is 31.6 Å². The molecule has 1 saturated heterocycles. The molecule has 5 nitrogen and oxygen atoms in total. The summed E-state index contributed by atoms with van der Waals surface area (Å²) in [6.07, 6.45) is 2.35. The Morgan fingerprint density at radius 3 is 2.68 bits per heavy atom. The number of hydrogen-bond acceptors (Lipinski definition) is 4. The third kappa shape index (κ3) is 3.56. The fourth-order valence-corrected chi connectivity index (χ4v) is 3.22. The Bertz CT molecular complexity index is 459. The molecule has 0 atom stereocenters. The highest BCUT2D eigenvalue weighted by Crippen LogP contribution is 2.28. The van der Waals surface area contributed by atoms with Crippen LogP contribution in [0.4, 0.5) is 11.4 Å². The first kappa shape index (κ1) is 14.5. The van der Waals surface area contributed by atoms with E-state index in [1.165, 1.54) is 12.8 Å². The molecule has 1 fully saturated rings. The van der Waals surface area contributed by atoms with Crippen LogP contribution in [0.3, 0.4) is 0 Å². The summed E-state index contributed by atoms with van der Waals surface area (Å²) in [5.74, 6) is 0.748. The Kier molecular flexibility index (Phi) is 4.98. The molecule has 1 aliphatic rings. The summed E-state index contributed by atoms with van der Waals surface area (Å²) in [5, 5.41) is 14.0. The highest BCUT2D eigenvalue weighted by molar-refractivity contribution is 14.1. The van der Waals surface area contributed by atoms with Crippen molar-refractivity contribution < 1.29 is 4.92 Å². The minimum absolute atomic E-state index is 0.189. The molecule has 1 aliphatic heterocycles. The van der Waals surface area contributed by atoms with E-state index in [9.17, 15) is 10.1 Å². The topological polar surface area (TPSA) is 58.4 Å². The van der Waals surface area contributed by atoms with Gasteiger partial charge in [0, 0.05) is 24.8 Å². The minimum Gasteiger partial charge on any atom is -0.371 e. The molecule has 6 heteroatoms. The largest absolute Gasteiger partial charge is 0.371 e. The number of hydrogen-bond donors (Lipinski definition) is 1. The predicted octanol–water partition coefficient (Wildman–Crippen LogP) is 2.64. The molecule has 104 valence electrons. The standard InChI is InChI=1S/C13H18IN3O2/c1-15-9-10-4-6-16(7-5-10)11-2-3-13(17(18)19)12(14)8-11/h2-3,8,10,15H,4-7,9H2,1H3. The van der Waals surface area contributed by atoms with Crippen LogP contribution >= 0.6 is 22.6 Å². The van der Waals surface area contributed by atoms with Crippen LogP contribution in [0.5, 0.6) is 0 Å². The van der Waals surface area contributed by atoms with Gasteiger partial charge in [0.05, 0.1) is 8.49 Å². The van der Waals surface area contributed by atoms with Gasteiger partial charge in [0.2, 0.25) is 0 Å². The van der Waals surface area contributed by atoms with E-state index in [1.807, 2.05) is 41.8 Å². The molecule has 0 saturated carbocycles. The average Bonchev–Trinajstić information content (AvgIpc) is 2.39. The maximum atomic E-state index is 10.8. The highest BCUT2D eigenvalue weighted by atomic mass is 127. The van der Waals surface area contributed by atoms with Crippen molar-refractivity contribution in [3.8, 4) is 0 Å². The van der Waals surface area contributed by atoms with Crippen molar-refractivity contribution in [1.29, 1.82) is 0 Å². The molecule has 2 rings (SSSR count). The van der Waals surface area contributed by atoms with Crippen LogP contribution in [0.25, 0.3) is 0 Å². The van der Waals surface area contributed by atoms with Crippen LogP contribution in [0.15, 0.2) is 18.2 Å². The lowest BCUT2D eigenvalue weighted by Crippen LogP contribution is -2.36. The monoisotopic (exact) mass is 375 g/mol. The molecule has 1 aromatic carbocycles. The molecule has 1 N–H and O–H groups in total. The van der Waals surface area contributed by atoms with E-state index in [0.29, 0.717) is 3.57 Å². The van der Waals surface area contributed by atoms with Gasteiger partial charge in [0.15, 0.2) is 0 Å². The number of benzene rings is 1. The fraction of sp³-hybridized carbons (Fsp3) is 0.538. The fourth-order valence-electron chi connectivity index (χ4n) is 2.52. The Morgan fingerprint density at radius 2 is 2.16 bits per heavy atom. The zero-order valence-electron chi connectivity index (χ0n) is 10.9. The van der Waals surface area contributed by atoms with Gasteiger partial charge in [0.1, 0.15) is 0 Å².